The molecular weight excluding hydrogens is 470 g/mol. The third kappa shape index (κ3) is 5.11. The summed E-state index contributed by atoms with van der Waals surface area (Å²) in [5, 5.41) is 0. The molecule has 2 nitrogen and oxygen atoms in total. The van der Waals surface area contributed by atoms with Gasteiger partial charge >= 0.3 is 6.11 Å². The highest BCUT2D eigenvalue weighted by Gasteiger charge is 2.40. The molecule has 0 spiro atoms. The molecule has 3 aromatic rings. The van der Waals surface area contributed by atoms with Gasteiger partial charge in [-0.05, 0) is 48.1 Å². The van der Waals surface area contributed by atoms with E-state index in [1.807, 2.05) is 12.1 Å². The van der Waals surface area contributed by atoms with Crippen LogP contribution < -0.4 is 9.47 Å². The molecule has 1 aliphatic carbocycles. The summed E-state index contributed by atoms with van der Waals surface area (Å²) in [6.45, 7) is 0. The summed E-state index contributed by atoms with van der Waals surface area (Å²) in [4.78, 5) is 0. The van der Waals surface area contributed by atoms with Crippen LogP contribution in [0.4, 0.5) is 26.3 Å². The van der Waals surface area contributed by atoms with Crippen LogP contribution in [-0.4, -0.2) is 7.11 Å². The SMILES string of the molecule is COc1ccc(OC(F)(F)c2ccc(-c3ccc(C4CCCCCC4)cc3)c(F)c2F)c(F)c1F. The lowest BCUT2D eigenvalue weighted by Crippen LogP contribution is -2.25. The standard InChI is InChI=1S/C27H24F6O2/c1-34-21-14-15-22(26(31)25(21)30)35-27(32,33)20-13-12-19(23(28)24(20)29)18-10-8-17(9-11-18)16-6-4-2-3-5-7-16/h8-16H,2-7H2,1H3. The molecule has 4 rings (SSSR count). The van der Waals surface area contributed by atoms with Gasteiger partial charge in [-0.15, -0.1) is 0 Å². The molecule has 8 heteroatoms. The van der Waals surface area contributed by atoms with E-state index < -0.39 is 46.4 Å². The zero-order chi connectivity index (χ0) is 25.2. The Bertz CT molecular complexity index is 1190. The van der Waals surface area contributed by atoms with Gasteiger partial charge in [-0.3, -0.25) is 0 Å². The van der Waals surface area contributed by atoms with Crippen molar-refractivity contribution >= 4 is 0 Å². The molecule has 0 bridgehead atoms. The third-order valence-electron chi connectivity index (χ3n) is 6.41. The Balaban J connectivity index is 1.59. The molecule has 0 N–H and O–H groups in total. The van der Waals surface area contributed by atoms with Crippen LogP contribution in [-0.2, 0) is 6.11 Å². The molecule has 0 aromatic heterocycles. The summed E-state index contributed by atoms with van der Waals surface area (Å²) < 4.78 is 95.6. The van der Waals surface area contributed by atoms with E-state index in [2.05, 4.69) is 9.47 Å². The first-order valence-electron chi connectivity index (χ1n) is 11.4. The number of benzene rings is 3. The van der Waals surface area contributed by atoms with Crippen LogP contribution in [0.15, 0.2) is 48.5 Å². The van der Waals surface area contributed by atoms with Crippen LogP contribution in [0.1, 0.15) is 55.6 Å². The highest BCUT2D eigenvalue weighted by Crippen LogP contribution is 2.39. The van der Waals surface area contributed by atoms with Crippen LogP contribution in [0, 0.1) is 23.3 Å². The van der Waals surface area contributed by atoms with E-state index in [-0.39, 0.29) is 5.56 Å². The average Bonchev–Trinajstić information content (AvgIpc) is 3.13. The topological polar surface area (TPSA) is 18.5 Å². The van der Waals surface area contributed by atoms with E-state index in [0.29, 0.717) is 23.6 Å². The zero-order valence-corrected chi connectivity index (χ0v) is 19.0. The summed E-state index contributed by atoms with van der Waals surface area (Å²) in [6.07, 6.45) is 2.39. The maximum absolute atomic E-state index is 14.9. The van der Waals surface area contributed by atoms with E-state index >= 15 is 0 Å². The lowest BCUT2D eigenvalue weighted by molar-refractivity contribution is -0.189. The minimum absolute atomic E-state index is 0.198. The van der Waals surface area contributed by atoms with Gasteiger partial charge in [0.25, 0.3) is 0 Å². The maximum atomic E-state index is 14.9. The highest BCUT2D eigenvalue weighted by atomic mass is 19.3. The monoisotopic (exact) mass is 494 g/mol. The van der Waals surface area contributed by atoms with Crippen molar-refractivity contribution in [2.24, 2.45) is 0 Å². The van der Waals surface area contributed by atoms with Gasteiger partial charge in [0.15, 0.2) is 23.1 Å². The number of halogens is 6. The Morgan fingerprint density at radius 3 is 1.91 bits per heavy atom. The number of alkyl halides is 2. The van der Waals surface area contributed by atoms with Crippen molar-refractivity contribution in [3.05, 3.63) is 82.9 Å². The van der Waals surface area contributed by atoms with Gasteiger partial charge in [-0.25, -0.2) is 8.78 Å². The number of methoxy groups -OCH3 is 1. The van der Waals surface area contributed by atoms with Crippen molar-refractivity contribution in [2.45, 2.75) is 50.6 Å². The summed E-state index contributed by atoms with van der Waals surface area (Å²) in [5.74, 6) is -7.90. The second-order valence-corrected chi connectivity index (χ2v) is 8.61. The maximum Gasteiger partial charge on any atom is 0.429 e. The molecule has 0 unspecified atom stereocenters. The molecule has 0 aliphatic heterocycles. The molecular formula is C27H24F6O2. The molecule has 0 amide bonds. The first-order valence-corrected chi connectivity index (χ1v) is 11.4. The Morgan fingerprint density at radius 2 is 1.29 bits per heavy atom. The minimum atomic E-state index is -4.48. The van der Waals surface area contributed by atoms with Crippen molar-refractivity contribution in [3.8, 4) is 22.6 Å². The van der Waals surface area contributed by atoms with Crippen LogP contribution in [0.25, 0.3) is 11.1 Å². The largest absolute Gasteiger partial charge is 0.494 e. The van der Waals surface area contributed by atoms with Crippen LogP contribution in [0.2, 0.25) is 0 Å². The summed E-state index contributed by atoms with van der Waals surface area (Å²) in [6, 6.07) is 10.3. The molecule has 0 atom stereocenters. The molecule has 0 saturated heterocycles. The summed E-state index contributed by atoms with van der Waals surface area (Å²) in [5.41, 5.74) is -0.194. The van der Waals surface area contributed by atoms with Crippen molar-refractivity contribution in [3.63, 3.8) is 0 Å². The molecule has 186 valence electrons. The van der Waals surface area contributed by atoms with Crippen molar-refractivity contribution in [1.82, 2.24) is 0 Å². The Labute approximate surface area is 199 Å². The van der Waals surface area contributed by atoms with Crippen LogP contribution in [0.5, 0.6) is 11.5 Å². The fourth-order valence-corrected chi connectivity index (χ4v) is 4.49. The lowest BCUT2D eigenvalue weighted by Gasteiger charge is -2.20. The van der Waals surface area contributed by atoms with Gasteiger partial charge in [-0.1, -0.05) is 56.0 Å². The van der Waals surface area contributed by atoms with Crippen molar-refractivity contribution in [2.75, 3.05) is 7.11 Å². The molecule has 0 heterocycles. The number of ether oxygens (including phenoxy) is 2. The average molecular weight is 494 g/mol. The molecule has 35 heavy (non-hydrogen) atoms. The van der Waals surface area contributed by atoms with Gasteiger partial charge in [0.2, 0.25) is 11.6 Å². The first kappa shape index (κ1) is 24.9. The van der Waals surface area contributed by atoms with Gasteiger partial charge < -0.3 is 9.47 Å². The smallest absolute Gasteiger partial charge is 0.429 e. The van der Waals surface area contributed by atoms with Gasteiger partial charge in [0, 0.05) is 5.56 Å². The number of hydrogen-bond acceptors (Lipinski definition) is 2. The Kier molecular flexibility index (Phi) is 7.28. The van der Waals surface area contributed by atoms with E-state index in [9.17, 15) is 26.3 Å². The van der Waals surface area contributed by atoms with Crippen LogP contribution in [0.3, 0.4) is 0 Å². The predicted molar refractivity (Wildman–Crippen MR) is 120 cm³/mol. The molecule has 0 radical (unpaired) electrons. The quantitative estimate of drug-likeness (QED) is 0.253. The molecule has 1 saturated carbocycles. The van der Waals surface area contributed by atoms with E-state index in [1.54, 1.807) is 12.1 Å². The van der Waals surface area contributed by atoms with Crippen molar-refractivity contribution in [1.29, 1.82) is 0 Å². The fraction of sp³-hybridized carbons (Fsp3) is 0.333. The second kappa shape index (κ2) is 10.2. The van der Waals surface area contributed by atoms with E-state index in [4.69, 9.17) is 0 Å². The predicted octanol–water partition coefficient (Wildman–Crippen LogP) is 8.48. The lowest BCUT2D eigenvalue weighted by atomic mass is 9.90. The fourth-order valence-electron chi connectivity index (χ4n) is 4.49. The van der Waals surface area contributed by atoms with Crippen LogP contribution >= 0.6 is 0 Å². The van der Waals surface area contributed by atoms with Gasteiger partial charge in [0.05, 0.1) is 7.11 Å². The molecule has 1 aliphatic rings. The molecule has 1 fully saturated rings. The summed E-state index contributed by atoms with van der Waals surface area (Å²) in [7, 11) is 1.07. The summed E-state index contributed by atoms with van der Waals surface area (Å²) >= 11 is 0. The normalized spacial score (nSPS) is 15.1. The van der Waals surface area contributed by atoms with E-state index in [1.165, 1.54) is 12.8 Å². The highest BCUT2D eigenvalue weighted by molar-refractivity contribution is 5.65. The zero-order valence-electron chi connectivity index (χ0n) is 19.0. The minimum Gasteiger partial charge on any atom is -0.494 e. The first-order chi connectivity index (χ1) is 16.7. The van der Waals surface area contributed by atoms with E-state index in [0.717, 1.165) is 50.5 Å². The third-order valence-corrected chi connectivity index (χ3v) is 6.41. The Hall–Kier alpha value is -3.16. The number of hydrogen-bond donors (Lipinski definition) is 0. The number of rotatable bonds is 6. The molecule has 3 aromatic carbocycles. The second-order valence-electron chi connectivity index (χ2n) is 8.61. The van der Waals surface area contributed by atoms with Gasteiger partial charge in [-0.2, -0.15) is 17.6 Å². The van der Waals surface area contributed by atoms with Crippen molar-refractivity contribution < 1.29 is 35.8 Å². The Morgan fingerprint density at radius 1 is 0.686 bits per heavy atom. The van der Waals surface area contributed by atoms with Gasteiger partial charge in [0.1, 0.15) is 5.56 Å².